The minimum absolute atomic E-state index is 0.450. The summed E-state index contributed by atoms with van der Waals surface area (Å²) in [5.41, 5.74) is 19.5. The van der Waals surface area contributed by atoms with Crippen LogP contribution in [0, 0.1) is 82.9 Å². The minimum atomic E-state index is -3.04. The summed E-state index contributed by atoms with van der Waals surface area (Å²) in [4.78, 5) is 15.8. The van der Waals surface area contributed by atoms with Crippen LogP contribution in [-0.4, -0.2) is 37.9 Å². The van der Waals surface area contributed by atoms with Crippen LogP contribution in [-0.2, 0) is 0 Å². The Balaban J connectivity index is 0.000000127. The van der Waals surface area contributed by atoms with Gasteiger partial charge in [0.25, 0.3) is 0 Å². The van der Waals surface area contributed by atoms with Crippen molar-refractivity contribution in [2.45, 2.75) is 0 Å². The zero-order valence-electron chi connectivity index (χ0n) is 80.9. The maximum absolute atomic E-state index is 10.8. The van der Waals surface area contributed by atoms with Crippen molar-refractivity contribution < 1.29 is 0 Å². The lowest BCUT2D eigenvalue weighted by Crippen LogP contribution is -2.75. The second-order valence-corrected chi connectivity index (χ2v) is 48.0. The average Bonchev–Trinajstić information content (AvgIpc) is 1.06. The molecule has 0 atom stereocenters. The number of aromatic nitrogens is 3. The maximum Gasteiger partial charge on any atom is 0.194 e. The van der Waals surface area contributed by atoms with Crippen LogP contribution in [0.3, 0.4) is 0 Å². The van der Waals surface area contributed by atoms with Gasteiger partial charge in [0, 0.05) is 43.9 Å². The quantitative estimate of drug-likeness (QED) is 0.0476. The van der Waals surface area contributed by atoms with Gasteiger partial charge in [-0.2, -0.15) is 26.3 Å². The number of nitriles is 5. The molecule has 0 unspecified atom stereocenters. The predicted octanol–water partition coefficient (Wildman–Crippen LogP) is 25.0. The van der Waals surface area contributed by atoms with Crippen molar-refractivity contribution in [2.75, 3.05) is 0 Å². The summed E-state index contributed by atoms with van der Waals surface area (Å²) in [7, 11) is -9.11. The molecule has 15 heteroatoms. The standard InChI is InChI=1S/3C45H28N4Si/c1-47-41-30-42(48-2)45(50(35-14-6-3-7-15-35,36-16-8-4-9-17-36)37-18-10-5-11-19-37)29-39(41)33-23-25-34(26-24-33)49-43-21-13-12-20-38(43)40-28-32(31-46)22-27-44(40)49;1-48-42-29-45(50(36-13-5-2-6-14-36,37-15-7-3-8-16-37)38-17-9-4-10-18-38)34(31-47)28-40(42)33-22-24-35(25-23-33)49-43-20-12-11-19-39(43)41-27-32(30-46)21-26-44(41)49;1-48-34-24-26-44-41(29-34)40-28-33(31-47)23-25-43(40)49(44)42-21-10-8-19-38(42)39-20-9-11-22-45(39)50(35-14-4-2-5-15-35,36-16-6-3-7-17-36)37-18-12-13-32(27-37)30-46/h3-30H;2*2-29H. The molecule has 0 aliphatic heterocycles. The maximum atomic E-state index is 10.8. The van der Waals surface area contributed by atoms with Crippen molar-refractivity contribution in [1.29, 1.82) is 26.3 Å². The van der Waals surface area contributed by atoms with Crippen LogP contribution >= 0.6 is 0 Å². The van der Waals surface area contributed by atoms with Crippen molar-refractivity contribution in [2.24, 2.45) is 0 Å². The molecule has 150 heavy (non-hydrogen) atoms. The van der Waals surface area contributed by atoms with E-state index >= 15 is 0 Å². The highest BCUT2D eigenvalue weighted by atomic mass is 28.3. The number of rotatable bonds is 18. The van der Waals surface area contributed by atoms with Gasteiger partial charge in [0.2, 0.25) is 0 Å². The Morgan fingerprint density at radius 3 is 0.920 bits per heavy atom. The first-order valence-corrected chi connectivity index (χ1v) is 55.0. The van der Waals surface area contributed by atoms with E-state index in [1.165, 1.54) is 31.1 Å². The second kappa shape index (κ2) is 40.8. The third-order valence-corrected chi connectivity index (χ3v) is 43.3. The first-order chi connectivity index (χ1) is 74.0. The molecule has 0 fully saturated rings. The van der Waals surface area contributed by atoms with Gasteiger partial charge < -0.3 is 13.7 Å². The minimum Gasteiger partial charge on any atom is -0.309 e. The molecule has 0 N–H and O–H groups in total. The Kier molecular flexibility index (Phi) is 25.6. The largest absolute Gasteiger partial charge is 0.309 e. The van der Waals surface area contributed by atoms with Gasteiger partial charge in [-0.15, -0.1) is 0 Å². The highest BCUT2D eigenvalue weighted by Crippen LogP contribution is 2.43. The molecule has 3 aromatic heterocycles. The zero-order chi connectivity index (χ0) is 102. The molecule has 0 aliphatic rings. The summed E-state index contributed by atoms with van der Waals surface area (Å²) in [6, 6.07) is 185. The van der Waals surface area contributed by atoms with E-state index in [0.29, 0.717) is 50.6 Å². The highest BCUT2D eigenvalue weighted by Gasteiger charge is 2.47. The Morgan fingerprint density at radius 2 is 0.513 bits per heavy atom. The number of hydrogen-bond donors (Lipinski definition) is 0. The fraction of sp³-hybridized carbons (Fsp3) is 0. The predicted molar refractivity (Wildman–Crippen MR) is 618 cm³/mol. The van der Waals surface area contributed by atoms with Gasteiger partial charge in [0.05, 0.1) is 123 Å². The molecule has 0 aliphatic carbocycles. The molecule has 0 bridgehead atoms. The Morgan fingerprint density at radius 1 is 0.193 bits per heavy atom. The van der Waals surface area contributed by atoms with Crippen LogP contribution in [0.2, 0.25) is 0 Å². The lowest BCUT2D eigenvalue weighted by atomic mass is 10.0. The molecule has 696 valence electrons. The highest BCUT2D eigenvalue weighted by molar-refractivity contribution is 7.22. The molecular formula is C135H84N12Si3. The van der Waals surface area contributed by atoms with Gasteiger partial charge in [0.15, 0.2) is 47.0 Å². The van der Waals surface area contributed by atoms with Gasteiger partial charge in [-0.3, -0.25) is 0 Å². The lowest BCUT2D eigenvalue weighted by molar-refractivity contribution is 1.18. The summed E-state index contributed by atoms with van der Waals surface area (Å²) < 4.78 is 6.68. The van der Waals surface area contributed by atoms with E-state index in [1.807, 2.05) is 170 Å². The first-order valence-electron chi connectivity index (χ1n) is 49.0. The molecule has 12 nitrogen and oxygen atoms in total. The third kappa shape index (κ3) is 16.4. The van der Waals surface area contributed by atoms with Crippen molar-refractivity contribution >= 4 is 175 Å². The van der Waals surface area contributed by atoms with Crippen LogP contribution in [0.5, 0.6) is 0 Å². The summed E-state index contributed by atoms with van der Waals surface area (Å²) in [5, 5.41) is 69.5. The van der Waals surface area contributed by atoms with Crippen LogP contribution in [0.4, 0.5) is 22.7 Å². The molecular weight excluding hydrogens is 1870 g/mol. The fourth-order valence-corrected chi connectivity index (χ4v) is 37.2. The molecule has 24 rings (SSSR count). The van der Waals surface area contributed by atoms with Crippen LogP contribution in [0.15, 0.2) is 510 Å². The summed E-state index contributed by atoms with van der Waals surface area (Å²) >= 11 is 0. The van der Waals surface area contributed by atoms with Crippen LogP contribution in [0.25, 0.3) is 135 Å². The van der Waals surface area contributed by atoms with Gasteiger partial charge in [-0.1, -0.05) is 382 Å². The molecule has 21 aromatic carbocycles. The fourth-order valence-electron chi connectivity index (χ4n) is 22.4. The average molecular weight is 1960 g/mol. The van der Waals surface area contributed by atoms with Crippen molar-refractivity contribution in [1.82, 2.24) is 13.7 Å². The molecule has 24 aromatic rings. The van der Waals surface area contributed by atoms with E-state index < -0.39 is 24.2 Å². The van der Waals surface area contributed by atoms with E-state index in [0.717, 1.165) is 147 Å². The Hall–Kier alpha value is -20.9. The van der Waals surface area contributed by atoms with Gasteiger partial charge in [-0.05, 0) is 223 Å². The smallest absolute Gasteiger partial charge is 0.194 e. The van der Waals surface area contributed by atoms with E-state index in [4.69, 9.17) is 26.3 Å². The second-order valence-electron chi connectivity index (χ2n) is 36.7. The SMILES string of the molecule is [C-]#[N+]c1cc([N+]#[C-])c([Si](c2ccccc2)(c2ccccc2)c2ccccc2)cc1-c1ccc(-n2c3ccccc3c3cc(C#N)ccc32)cc1.[C-]#[N+]c1cc([Si](c2ccccc2)(c2ccccc2)c2ccccc2)c(C#N)cc1-c1ccc(-n2c3ccccc3c3cc(C#N)ccc32)cc1.[C-]#[N+]c1ccc2c(c1)c1cc(C#N)ccc1n2-c1ccccc1-c1ccccc1[Si](c1ccccc1)(c1ccccc1)c1cccc(C#N)c1. The topological polar surface area (TPSA) is 151 Å². The molecule has 3 heterocycles. The molecule has 0 saturated heterocycles. The van der Waals surface area contributed by atoms with Crippen molar-refractivity contribution in [3.8, 4) is 80.8 Å². The monoisotopic (exact) mass is 1960 g/mol. The first kappa shape index (κ1) is 94.0. The van der Waals surface area contributed by atoms with E-state index in [9.17, 15) is 26.3 Å². The van der Waals surface area contributed by atoms with Gasteiger partial charge >= 0.3 is 0 Å². The number of para-hydroxylation sites is 3. The zero-order valence-corrected chi connectivity index (χ0v) is 83.9. The third-order valence-electron chi connectivity index (χ3n) is 28.9. The van der Waals surface area contributed by atoms with Crippen molar-refractivity contribution in [3.63, 3.8) is 0 Å². The molecule has 0 spiro atoms. The normalized spacial score (nSPS) is 11.1. The molecule has 0 radical (unpaired) electrons. The number of fused-ring (bicyclic) bond motifs is 9. The van der Waals surface area contributed by atoms with Crippen molar-refractivity contribution in [3.05, 3.63) is 583 Å². The Labute approximate surface area is 872 Å². The summed E-state index contributed by atoms with van der Waals surface area (Å²) in [6.45, 7) is 32.7. The van der Waals surface area contributed by atoms with Crippen LogP contribution in [0.1, 0.15) is 27.8 Å². The molecule has 0 saturated carbocycles. The van der Waals surface area contributed by atoms with E-state index in [1.54, 1.807) is 6.07 Å². The number of nitrogens with zero attached hydrogens (tertiary/aromatic N) is 12. The van der Waals surface area contributed by atoms with Gasteiger partial charge in [0.1, 0.15) is 0 Å². The lowest BCUT2D eigenvalue weighted by Gasteiger charge is -2.36. The summed E-state index contributed by atoms with van der Waals surface area (Å²) in [5.74, 6) is 0. The van der Waals surface area contributed by atoms with E-state index in [-0.39, 0.29) is 0 Å². The number of benzene rings is 21. The van der Waals surface area contributed by atoms with Crippen LogP contribution < -0.4 is 62.2 Å². The van der Waals surface area contributed by atoms with E-state index in [2.05, 4.69) is 397 Å². The number of hydrogen-bond acceptors (Lipinski definition) is 5. The molecule has 0 amide bonds. The summed E-state index contributed by atoms with van der Waals surface area (Å²) in [6.07, 6.45) is 0. The Bertz CT molecular complexity index is 9500. The van der Waals surface area contributed by atoms with Gasteiger partial charge in [-0.25, -0.2) is 19.4 Å².